The lowest BCUT2D eigenvalue weighted by Crippen LogP contribution is -2.46. The standard InChI is InChI=1S/C14H23N5O2/c1-3-4-12(20)17-10-5-7-19(8-6-10)14(21)13-11(15)9-16-18(13)2/h9-10H,3-8,15H2,1-2H3,(H,17,20). The van der Waals surface area contributed by atoms with E-state index in [9.17, 15) is 9.59 Å². The fraction of sp³-hybridized carbons (Fsp3) is 0.643. The number of carbonyl (C=O) groups is 2. The highest BCUT2D eigenvalue weighted by Gasteiger charge is 2.27. The summed E-state index contributed by atoms with van der Waals surface area (Å²) < 4.78 is 1.51. The van der Waals surface area contributed by atoms with Gasteiger partial charge in [-0.25, -0.2) is 0 Å². The van der Waals surface area contributed by atoms with Crippen molar-refractivity contribution >= 4 is 17.5 Å². The number of hydrogen-bond acceptors (Lipinski definition) is 4. The van der Waals surface area contributed by atoms with Gasteiger partial charge in [-0.1, -0.05) is 6.92 Å². The average Bonchev–Trinajstić information content (AvgIpc) is 2.78. The largest absolute Gasteiger partial charge is 0.396 e. The number of likely N-dealkylation sites (tertiary alicyclic amines) is 1. The van der Waals surface area contributed by atoms with Crippen LogP contribution in [0.15, 0.2) is 6.20 Å². The van der Waals surface area contributed by atoms with E-state index >= 15 is 0 Å². The van der Waals surface area contributed by atoms with E-state index in [1.807, 2.05) is 6.92 Å². The molecular formula is C14H23N5O2. The Morgan fingerprint density at radius 1 is 1.43 bits per heavy atom. The summed E-state index contributed by atoms with van der Waals surface area (Å²) in [5, 5.41) is 7.01. The van der Waals surface area contributed by atoms with Crippen LogP contribution in [-0.2, 0) is 11.8 Å². The number of aryl methyl sites for hydroxylation is 1. The van der Waals surface area contributed by atoms with Crippen LogP contribution in [0.5, 0.6) is 0 Å². The number of anilines is 1. The third-order valence-electron chi connectivity index (χ3n) is 3.79. The van der Waals surface area contributed by atoms with Gasteiger partial charge in [-0.3, -0.25) is 14.3 Å². The second-order valence-electron chi connectivity index (χ2n) is 5.46. The maximum atomic E-state index is 12.4. The third-order valence-corrected chi connectivity index (χ3v) is 3.79. The molecule has 1 aliphatic heterocycles. The van der Waals surface area contributed by atoms with Crippen LogP contribution in [0.25, 0.3) is 0 Å². The molecule has 0 bridgehead atoms. The quantitative estimate of drug-likeness (QED) is 0.846. The van der Waals surface area contributed by atoms with E-state index in [0.29, 0.717) is 30.9 Å². The molecule has 2 amide bonds. The predicted octanol–water partition coefficient (Wildman–Crippen LogP) is 0.523. The van der Waals surface area contributed by atoms with E-state index < -0.39 is 0 Å². The van der Waals surface area contributed by atoms with Crippen LogP contribution < -0.4 is 11.1 Å². The first kappa shape index (κ1) is 15.3. The molecule has 0 saturated carbocycles. The van der Waals surface area contributed by atoms with Crippen molar-refractivity contribution in [3.63, 3.8) is 0 Å². The van der Waals surface area contributed by atoms with Gasteiger partial charge in [-0.2, -0.15) is 5.10 Å². The number of nitrogens with two attached hydrogens (primary N) is 1. The van der Waals surface area contributed by atoms with Gasteiger partial charge in [0, 0.05) is 32.6 Å². The zero-order valence-electron chi connectivity index (χ0n) is 12.6. The molecule has 116 valence electrons. The highest BCUT2D eigenvalue weighted by atomic mass is 16.2. The number of piperidine rings is 1. The number of nitrogens with zero attached hydrogens (tertiary/aromatic N) is 3. The molecular weight excluding hydrogens is 270 g/mol. The molecule has 0 atom stereocenters. The van der Waals surface area contributed by atoms with E-state index in [1.165, 1.54) is 10.9 Å². The Morgan fingerprint density at radius 3 is 2.62 bits per heavy atom. The Labute approximate surface area is 124 Å². The summed E-state index contributed by atoms with van der Waals surface area (Å²) >= 11 is 0. The van der Waals surface area contributed by atoms with Gasteiger partial charge >= 0.3 is 0 Å². The number of nitrogens with one attached hydrogen (secondary N) is 1. The number of rotatable bonds is 4. The number of nitrogen functional groups attached to an aromatic ring is 1. The molecule has 1 saturated heterocycles. The molecule has 1 aromatic rings. The highest BCUT2D eigenvalue weighted by molar-refractivity contribution is 5.97. The van der Waals surface area contributed by atoms with E-state index in [4.69, 9.17) is 5.73 Å². The van der Waals surface area contributed by atoms with Gasteiger partial charge in [0.2, 0.25) is 5.91 Å². The molecule has 0 aliphatic carbocycles. The fourth-order valence-corrected chi connectivity index (χ4v) is 2.62. The Morgan fingerprint density at radius 2 is 2.10 bits per heavy atom. The molecule has 0 spiro atoms. The van der Waals surface area contributed by atoms with Crippen molar-refractivity contribution in [3.8, 4) is 0 Å². The minimum Gasteiger partial charge on any atom is -0.396 e. The molecule has 21 heavy (non-hydrogen) atoms. The molecule has 1 aromatic heterocycles. The zero-order valence-corrected chi connectivity index (χ0v) is 12.6. The van der Waals surface area contributed by atoms with Crippen molar-refractivity contribution in [2.45, 2.75) is 38.6 Å². The topological polar surface area (TPSA) is 93.2 Å². The van der Waals surface area contributed by atoms with Gasteiger partial charge < -0.3 is 16.0 Å². The maximum Gasteiger partial charge on any atom is 0.274 e. The Kier molecular flexibility index (Phi) is 4.82. The van der Waals surface area contributed by atoms with Gasteiger partial charge in [0.05, 0.1) is 11.9 Å². The number of aromatic nitrogens is 2. The highest BCUT2D eigenvalue weighted by Crippen LogP contribution is 2.17. The molecule has 1 aliphatic rings. The fourth-order valence-electron chi connectivity index (χ4n) is 2.62. The van der Waals surface area contributed by atoms with Crippen LogP contribution in [0, 0.1) is 0 Å². The van der Waals surface area contributed by atoms with Crippen molar-refractivity contribution in [2.24, 2.45) is 7.05 Å². The SMILES string of the molecule is CCCC(=O)NC1CCN(C(=O)c2c(N)cnn2C)CC1. The normalized spacial score (nSPS) is 16.0. The number of carbonyl (C=O) groups excluding carboxylic acids is 2. The summed E-state index contributed by atoms with van der Waals surface area (Å²) in [6, 6.07) is 0.164. The molecule has 7 heteroatoms. The number of amides is 2. The molecule has 0 unspecified atom stereocenters. The van der Waals surface area contributed by atoms with E-state index in [-0.39, 0.29) is 17.9 Å². The van der Waals surface area contributed by atoms with Gasteiger partial charge in [0.1, 0.15) is 5.69 Å². The monoisotopic (exact) mass is 293 g/mol. The summed E-state index contributed by atoms with van der Waals surface area (Å²) in [7, 11) is 1.71. The molecule has 1 fully saturated rings. The third kappa shape index (κ3) is 3.53. The molecule has 2 rings (SSSR count). The molecule has 2 heterocycles. The lowest BCUT2D eigenvalue weighted by molar-refractivity contribution is -0.122. The molecule has 0 aromatic carbocycles. The van der Waals surface area contributed by atoms with Crippen molar-refractivity contribution in [1.29, 1.82) is 0 Å². The lowest BCUT2D eigenvalue weighted by atomic mass is 10.0. The van der Waals surface area contributed by atoms with Gasteiger partial charge in [0.15, 0.2) is 0 Å². The Balaban J connectivity index is 1.89. The summed E-state index contributed by atoms with van der Waals surface area (Å²) in [6.07, 6.45) is 4.45. The van der Waals surface area contributed by atoms with Crippen molar-refractivity contribution < 1.29 is 9.59 Å². The summed E-state index contributed by atoms with van der Waals surface area (Å²) in [5.74, 6) is 0.00369. The predicted molar refractivity (Wildman–Crippen MR) is 79.6 cm³/mol. The summed E-state index contributed by atoms with van der Waals surface area (Å²) in [5.41, 5.74) is 6.63. The average molecular weight is 293 g/mol. The minimum absolute atomic E-state index is 0.0918. The van der Waals surface area contributed by atoms with Crippen molar-refractivity contribution in [3.05, 3.63) is 11.9 Å². The summed E-state index contributed by atoms with van der Waals surface area (Å²) in [4.78, 5) is 25.8. The molecule has 7 nitrogen and oxygen atoms in total. The van der Waals surface area contributed by atoms with Crippen LogP contribution in [0.4, 0.5) is 5.69 Å². The van der Waals surface area contributed by atoms with Crippen LogP contribution in [0.1, 0.15) is 43.1 Å². The second-order valence-corrected chi connectivity index (χ2v) is 5.46. The molecule has 3 N–H and O–H groups in total. The van der Waals surface area contributed by atoms with Gasteiger partial charge in [-0.05, 0) is 19.3 Å². The Hall–Kier alpha value is -2.05. The van der Waals surface area contributed by atoms with Crippen molar-refractivity contribution in [1.82, 2.24) is 20.0 Å². The smallest absolute Gasteiger partial charge is 0.274 e. The van der Waals surface area contributed by atoms with Crippen molar-refractivity contribution in [2.75, 3.05) is 18.8 Å². The van der Waals surface area contributed by atoms with Crippen LogP contribution >= 0.6 is 0 Å². The molecule has 0 radical (unpaired) electrons. The maximum absolute atomic E-state index is 12.4. The van der Waals surface area contributed by atoms with E-state index in [0.717, 1.165) is 19.3 Å². The van der Waals surface area contributed by atoms with E-state index in [2.05, 4.69) is 10.4 Å². The summed E-state index contributed by atoms with van der Waals surface area (Å²) in [6.45, 7) is 3.24. The number of hydrogen-bond donors (Lipinski definition) is 2. The van der Waals surface area contributed by atoms with Crippen LogP contribution in [0.3, 0.4) is 0 Å². The van der Waals surface area contributed by atoms with Crippen LogP contribution in [-0.4, -0.2) is 45.6 Å². The first-order chi connectivity index (χ1) is 10.0. The Bertz CT molecular complexity index is 498. The van der Waals surface area contributed by atoms with Crippen LogP contribution in [0.2, 0.25) is 0 Å². The van der Waals surface area contributed by atoms with Gasteiger partial charge in [-0.15, -0.1) is 0 Å². The lowest BCUT2D eigenvalue weighted by Gasteiger charge is -2.32. The van der Waals surface area contributed by atoms with E-state index in [1.54, 1.807) is 11.9 Å². The van der Waals surface area contributed by atoms with Gasteiger partial charge in [0.25, 0.3) is 5.91 Å². The minimum atomic E-state index is -0.0918. The first-order valence-electron chi connectivity index (χ1n) is 7.39. The first-order valence-corrected chi connectivity index (χ1v) is 7.39. The zero-order chi connectivity index (χ0) is 15.4. The second kappa shape index (κ2) is 6.60.